The number of nitrogens with zero attached hydrogens (tertiary/aromatic N) is 2. The Kier molecular flexibility index (Phi) is 3.48. The molecule has 2 heterocycles. The number of rotatable bonds is 3. The number of carbonyl (C=O) groups excluding carboxylic acids is 2. The summed E-state index contributed by atoms with van der Waals surface area (Å²) < 4.78 is 6.26. The number of imidazole rings is 1. The quantitative estimate of drug-likeness (QED) is 0.549. The summed E-state index contributed by atoms with van der Waals surface area (Å²) in [6.07, 6.45) is 3.05. The van der Waals surface area contributed by atoms with E-state index < -0.39 is 5.97 Å². The lowest BCUT2D eigenvalue weighted by molar-refractivity contribution is 0.0605. The maximum Gasteiger partial charge on any atom is 0.349 e. The van der Waals surface area contributed by atoms with Gasteiger partial charge in [0.1, 0.15) is 10.6 Å². The Labute approximate surface area is 128 Å². The molecule has 5 nitrogen and oxygen atoms in total. The molecular weight excluding hydrogens is 312 g/mol. The summed E-state index contributed by atoms with van der Waals surface area (Å²) in [5, 5.41) is 0.563. The molecule has 0 fully saturated rings. The van der Waals surface area contributed by atoms with Gasteiger partial charge in [0.2, 0.25) is 5.78 Å². The molecule has 21 heavy (non-hydrogen) atoms. The molecule has 3 rings (SSSR count). The number of methoxy groups -OCH3 is 1. The van der Waals surface area contributed by atoms with Crippen LogP contribution < -0.4 is 0 Å². The molecule has 0 saturated carbocycles. The van der Waals surface area contributed by atoms with Crippen LogP contribution in [0.2, 0.25) is 5.02 Å². The number of ketones is 1. The molecule has 0 radical (unpaired) electrons. The summed E-state index contributed by atoms with van der Waals surface area (Å²) in [5.41, 5.74) is 0.894. The van der Waals surface area contributed by atoms with Crippen molar-refractivity contribution in [2.24, 2.45) is 0 Å². The normalized spacial score (nSPS) is 10.8. The first-order valence-corrected chi connectivity index (χ1v) is 7.15. The number of halogens is 1. The predicted octanol–water partition coefficient (Wildman–Crippen LogP) is 3.07. The number of carbonyl (C=O) groups is 2. The van der Waals surface area contributed by atoms with Crippen LogP contribution in [0.3, 0.4) is 0 Å². The van der Waals surface area contributed by atoms with Crippen LogP contribution in [-0.4, -0.2) is 28.2 Å². The van der Waals surface area contributed by atoms with Gasteiger partial charge in [0, 0.05) is 16.8 Å². The Morgan fingerprint density at radius 1 is 1.29 bits per heavy atom. The van der Waals surface area contributed by atoms with E-state index in [4.69, 9.17) is 11.6 Å². The molecule has 2 aromatic heterocycles. The number of fused-ring (bicyclic) bond motifs is 1. The van der Waals surface area contributed by atoms with E-state index in [-0.39, 0.29) is 5.78 Å². The predicted molar refractivity (Wildman–Crippen MR) is 79.3 cm³/mol. The topological polar surface area (TPSA) is 60.7 Å². The number of hydrogen-bond donors (Lipinski definition) is 0. The molecular formula is C14H9ClN2O3S. The highest BCUT2D eigenvalue weighted by Crippen LogP contribution is 2.21. The number of ether oxygens (including phenoxy) is 1. The van der Waals surface area contributed by atoms with Crippen molar-refractivity contribution >= 4 is 39.7 Å². The van der Waals surface area contributed by atoms with Crippen LogP contribution >= 0.6 is 22.9 Å². The third-order valence-corrected chi connectivity index (χ3v) is 4.16. The van der Waals surface area contributed by atoms with Gasteiger partial charge >= 0.3 is 5.97 Å². The van der Waals surface area contributed by atoms with Crippen molar-refractivity contribution in [3.8, 4) is 0 Å². The van der Waals surface area contributed by atoms with Gasteiger partial charge in [0.15, 0.2) is 4.96 Å². The minimum Gasteiger partial charge on any atom is -0.465 e. The van der Waals surface area contributed by atoms with Crippen molar-refractivity contribution in [2.75, 3.05) is 7.11 Å². The average Bonchev–Trinajstić information content (AvgIpc) is 3.06. The molecule has 0 aliphatic heterocycles. The summed E-state index contributed by atoms with van der Waals surface area (Å²) >= 11 is 6.98. The van der Waals surface area contributed by atoms with Crippen molar-refractivity contribution in [3.63, 3.8) is 0 Å². The second-order valence-electron chi connectivity index (χ2n) is 4.22. The van der Waals surface area contributed by atoms with Crippen molar-refractivity contribution in [3.05, 3.63) is 57.8 Å². The molecule has 0 amide bonds. The highest BCUT2D eigenvalue weighted by atomic mass is 35.5. The van der Waals surface area contributed by atoms with Gasteiger partial charge < -0.3 is 4.74 Å². The first-order chi connectivity index (χ1) is 10.1. The summed E-state index contributed by atoms with van der Waals surface area (Å²) in [4.78, 5) is 29.1. The zero-order valence-corrected chi connectivity index (χ0v) is 12.4. The smallest absolute Gasteiger partial charge is 0.349 e. The minimum absolute atomic E-state index is 0.187. The van der Waals surface area contributed by atoms with Gasteiger partial charge in [-0.25, -0.2) is 9.78 Å². The standard InChI is InChI=1S/C14H9ClN2O3S/c1-20-13(19)11-7-17-10(6-16-14(17)21-11)12(18)8-2-4-9(15)5-3-8/h2-7H,1H3. The Morgan fingerprint density at radius 2 is 2.00 bits per heavy atom. The van der Waals surface area contributed by atoms with Gasteiger partial charge in [0.05, 0.1) is 13.3 Å². The molecule has 1 aromatic carbocycles. The molecule has 0 aliphatic rings. The number of esters is 1. The molecule has 3 aromatic rings. The molecule has 0 spiro atoms. The Bertz CT molecular complexity index is 836. The Hall–Kier alpha value is -2.18. The molecule has 0 saturated heterocycles. The summed E-state index contributed by atoms with van der Waals surface area (Å²) in [6, 6.07) is 6.61. The van der Waals surface area contributed by atoms with Crippen LogP contribution in [0.1, 0.15) is 25.7 Å². The van der Waals surface area contributed by atoms with Crippen LogP contribution in [0.4, 0.5) is 0 Å². The fourth-order valence-corrected chi connectivity index (χ4v) is 2.90. The SMILES string of the molecule is COC(=O)c1cn2c(C(=O)c3ccc(Cl)cc3)cnc2s1. The Morgan fingerprint density at radius 3 is 2.67 bits per heavy atom. The first-order valence-electron chi connectivity index (χ1n) is 5.95. The van der Waals surface area contributed by atoms with Crippen LogP contribution in [0.5, 0.6) is 0 Å². The lowest BCUT2D eigenvalue weighted by Crippen LogP contribution is -2.04. The molecule has 0 bridgehead atoms. The van der Waals surface area contributed by atoms with Gasteiger partial charge in [-0.05, 0) is 24.3 Å². The molecule has 0 unspecified atom stereocenters. The third kappa shape index (κ3) is 2.43. The molecule has 0 N–H and O–H groups in total. The maximum atomic E-state index is 12.5. The van der Waals surface area contributed by atoms with Gasteiger partial charge in [-0.1, -0.05) is 22.9 Å². The average molecular weight is 321 g/mol. The van der Waals surface area contributed by atoms with E-state index in [2.05, 4.69) is 9.72 Å². The van der Waals surface area contributed by atoms with E-state index in [0.717, 1.165) is 0 Å². The van der Waals surface area contributed by atoms with Gasteiger partial charge in [-0.2, -0.15) is 0 Å². The van der Waals surface area contributed by atoms with Gasteiger partial charge in [-0.3, -0.25) is 9.20 Å². The van der Waals surface area contributed by atoms with E-state index >= 15 is 0 Å². The molecule has 7 heteroatoms. The fourth-order valence-electron chi connectivity index (χ4n) is 1.90. The Balaban J connectivity index is 2.03. The van der Waals surface area contributed by atoms with E-state index in [1.165, 1.54) is 24.6 Å². The fraction of sp³-hybridized carbons (Fsp3) is 0.0714. The number of thiazole rings is 1. The number of hydrogen-bond acceptors (Lipinski definition) is 5. The van der Waals surface area contributed by atoms with Crippen molar-refractivity contribution in [2.45, 2.75) is 0 Å². The summed E-state index contributed by atoms with van der Waals surface area (Å²) in [5.74, 6) is -0.635. The number of benzene rings is 1. The minimum atomic E-state index is -0.449. The maximum absolute atomic E-state index is 12.5. The van der Waals surface area contributed by atoms with Crippen molar-refractivity contribution < 1.29 is 14.3 Å². The van der Waals surface area contributed by atoms with Crippen LogP contribution in [0, 0.1) is 0 Å². The molecule has 106 valence electrons. The second kappa shape index (κ2) is 5.31. The first kappa shape index (κ1) is 13.8. The zero-order valence-electron chi connectivity index (χ0n) is 10.9. The van der Waals surface area contributed by atoms with E-state index in [1.807, 2.05) is 0 Å². The van der Waals surface area contributed by atoms with Crippen LogP contribution in [0.25, 0.3) is 4.96 Å². The summed E-state index contributed by atoms with van der Waals surface area (Å²) in [7, 11) is 1.31. The lowest BCUT2D eigenvalue weighted by Gasteiger charge is -1.99. The monoisotopic (exact) mass is 320 g/mol. The zero-order chi connectivity index (χ0) is 15.0. The third-order valence-electron chi connectivity index (χ3n) is 2.94. The second-order valence-corrected chi connectivity index (χ2v) is 5.66. The van der Waals surface area contributed by atoms with E-state index in [0.29, 0.717) is 26.1 Å². The highest BCUT2D eigenvalue weighted by Gasteiger charge is 2.18. The van der Waals surface area contributed by atoms with Gasteiger partial charge in [0.25, 0.3) is 0 Å². The van der Waals surface area contributed by atoms with E-state index in [9.17, 15) is 9.59 Å². The largest absolute Gasteiger partial charge is 0.465 e. The lowest BCUT2D eigenvalue weighted by atomic mass is 10.1. The molecule has 0 aliphatic carbocycles. The van der Waals surface area contributed by atoms with Crippen LogP contribution in [0.15, 0.2) is 36.7 Å². The highest BCUT2D eigenvalue weighted by molar-refractivity contribution is 7.18. The summed E-state index contributed by atoms with van der Waals surface area (Å²) in [6.45, 7) is 0. The molecule has 0 atom stereocenters. The van der Waals surface area contributed by atoms with Gasteiger partial charge in [-0.15, -0.1) is 0 Å². The van der Waals surface area contributed by atoms with Crippen LogP contribution in [-0.2, 0) is 4.74 Å². The number of aromatic nitrogens is 2. The van der Waals surface area contributed by atoms with Crippen molar-refractivity contribution in [1.82, 2.24) is 9.38 Å². The van der Waals surface area contributed by atoms with E-state index in [1.54, 1.807) is 34.9 Å². The van der Waals surface area contributed by atoms with Crippen molar-refractivity contribution in [1.29, 1.82) is 0 Å².